The first-order chi connectivity index (χ1) is 8.90. The highest BCUT2D eigenvalue weighted by molar-refractivity contribution is 5.53. The minimum Gasteiger partial charge on any atom is -0.496 e. The van der Waals surface area contributed by atoms with Crippen molar-refractivity contribution in [3.63, 3.8) is 0 Å². The first-order valence-electron chi connectivity index (χ1n) is 7.03. The number of nitrogens with one attached hydrogen (secondary N) is 1. The van der Waals surface area contributed by atoms with E-state index in [1.165, 1.54) is 18.4 Å². The molecule has 1 aromatic carbocycles. The third-order valence-electron chi connectivity index (χ3n) is 4.07. The van der Waals surface area contributed by atoms with Crippen molar-refractivity contribution in [1.82, 2.24) is 0 Å². The van der Waals surface area contributed by atoms with Crippen molar-refractivity contribution in [2.45, 2.75) is 39.0 Å². The predicted molar refractivity (Wildman–Crippen MR) is 80.9 cm³/mol. The van der Waals surface area contributed by atoms with Gasteiger partial charge in [0.05, 0.1) is 7.11 Å². The van der Waals surface area contributed by atoms with Gasteiger partial charge in [0, 0.05) is 17.8 Å². The van der Waals surface area contributed by atoms with Gasteiger partial charge >= 0.3 is 0 Å². The van der Waals surface area contributed by atoms with Crippen LogP contribution in [0.15, 0.2) is 18.2 Å². The Balaban J connectivity index is 2.14. The molecule has 2 rings (SSSR count). The molecule has 0 atom stereocenters. The van der Waals surface area contributed by atoms with Crippen LogP contribution in [0, 0.1) is 5.41 Å². The maximum absolute atomic E-state index is 5.82. The van der Waals surface area contributed by atoms with Crippen LogP contribution in [-0.2, 0) is 5.41 Å². The Labute approximate surface area is 116 Å². The molecule has 0 radical (unpaired) electrons. The molecule has 1 aromatic rings. The molecule has 1 aliphatic rings. The monoisotopic (exact) mass is 262 g/mol. The molecule has 106 valence electrons. The fourth-order valence-electron chi connectivity index (χ4n) is 2.32. The summed E-state index contributed by atoms with van der Waals surface area (Å²) in [6.07, 6.45) is 2.50. The summed E-state index contributed by atoms with van der Waals surface area (Å²) in [7, 11) is 1.73. The number of hydrogen-bond donors (Lipinski definition) is 2. The van der Waals surface area contributed by atoms with Gasteiger partial charge in [0.25, 0.3) is 0 Å². The third-order valence-corrected chi connectivity index (χ3v) is 4.07. The Bertz CT molecular complexity index is 445. The fourth-order valence-corrected chi connectivity index (χ4v) is 2.32. The number of methoxy groups -OCH3 is 1. The van der Waals surface area contributed by atoms with Gasteiger partial charge in [0.2, 0.25) is 0 Å². The van der Waals surface area contributed by atoms with Crippen LogP contribution in [0.2, 0.25) is 0 Å². The molecule has 0 bridgehead atoms. The molecule has 19 heavy (non-hydrogen) atoms. The number of benzene rings is 1. The molecule has 3 N–H and O–H groups in total. The minimum absolute atomic E-state index is 0.0775. The Morgan fingerprint density at radius 3 is 2.47 bits per heavy atom. The molecule has 0 aromatic heterocycles. The largest absolute Gasteiger partial charge is 0.496 e. The van der Waals surface area contributed by atoms with Crippen LogP contribution >= 0.6 is 0 Å². The van der Waals surface area contributed by atoms with Gasteiger partial charge in [-0.25, -0.2) is 0 Å². The number of nitrogens with two attached hydrogens (primary N) is 1. The molecule has 1 saturated carbocycles. The molecule has 1 aliphatic carbocycles. The lowest BCUT2D eigenvalue weighted by Crippen LogP contribution is -2.24. The summed E-state index contributed by atoms with van der Waals surface area (Å²) in [5, 5.41) is 3.53. The van der Waals surface area contributed by atoms with Gasteiger partial charge in [0.1, 0.15) is 5.75 Å². The van der Waals surface area contributed by atoms with E-state index in [9.17, 15) is 0 Å². The summed E-state index contributed by atoms with van der Waals surface area (Å²) in [6.45, 7) is 8.37. The van der Waals surface area contributed by atoms with Crippen molar-refractivity contribution in [2.24, 2.45) is 11.1 Å². The van der Waals surface area contributed by atoms with Crippen molar-refractivity contribution >= 4 is 5.69 Å². The van der Waals surface area contributed by atoms with Crippen molar-refractivity contribution in [3.8, 4) is 5.75 Å². The normalized spacial score (nSPS) is 17.1. The molecule has 0 heterocycles. The summed E-state index contributed by atoms with van der Waals surface area (Å²) in [5.41, 5.74) is 8.64. The number of hydrogen-bond acceptors (Lipinski definition) is 3. The zero-order valence-corrected chi connectivity index (χ0v) is 12.5. The smallest absolute Gasteiger partial charge is 0.122 e. The van der Waals surface area contributed by atoms with Crippen molar-refractivity contribution in [2.75, 3.05) is 25.5 Å². The van der Waals surface area contributed by atoms with Gasteiger partial charge in [-0.3, -0.25) is 0 Å². The molecule has 0 aliphatic heterocycles. The first-order valence-corrected chi connectivity index (χ1v) is 7.03. The van der Waals surface area contributed by atoms with E-state index in [0.29, 0.717) is 5.41 Å². The van der Waals surface area contributed by atoms with Gasteiger partial charge in [-0.1, -0.05) is 20.8 Å². The number of ether oxygens (including phenoxy) is 1. The van der Waals surface area contributed by atoms with E-state index in [-0.39, 0.29) is 5.41 Å². The van der Waals surface area contributed by atoms with Crippen molar-refractivity contribution in [1.29, 1.82) is 0 Å². The van der Waals surface area contributed by atoms with Crippen LogP contribution < -0.4 is 15.8 Å². The molecule has 1 fully saturated rings. The zero-order chi connectivity index (χ0) is 14.1. The average Bonchev–Trinajstić information content (AvgIpc) is 3.16. The molecule has 3 nitrogen and oxygen atoms in total. The highest BCUT2D eigenvalue weighted by Gasteiger charge is 2.40. The Kier molecular flexibility index (Phi) is 3.77. The van der Waals surface area contributed by atoms with E-state index in [0.717, 1.165) is 24.5 Å². The zero-order valence-electron chi connectivity index (χ0n) is 12.5. The minimum atomic E-state index is 0.0775. The second kappa shape index (κ2) is 5.04. The standard InChI is InChI=1S/C16H26N2O/c1-15(2,3)13-9-12(5-6-14(13)19-4)18-11-16(10-17)7-8-16/h5-6,9,18H,7-8,10-11,17H2,1-4H3. The molecular formula is C16H26N2O. The van der Waals surface area contributed by atoms with E-state index in [2.05, 4.69) is 38.2 Å². The van der Waals surface area contributed by atoms with Gasteiger partial charge in [-0.05, 0) is 48.4 Å². The highest BCUT2D eigenvalue weighted by atomic mass is 16.5. The van der Waals surface area contributed by atoms with Crippen molar-refractivity contribution < 1.29 is 4.74 Å². The second-order valence-corrected chi connectivity index (χ2v) is 6.72. The lowest BCUT2D eigenvalue weighted by molar-refractivity contribution is 0.397. The summed E-state index contributed by atoms with van der Waals surface area (Å²) < 4.78 is 5.46. The molecule has 0 unspecified atom stereocenters. The highest BCUT2D eigenvalue weighted by Crippen LogP contribution is 2.44. The Morgan fingerprint density at radius 2 is 2.00 bits per heavy atom. The molecule has 3 heteroatoms. The van der Waals surface area contributed by atoms with E-state index in [1.54, 1.807) is 7.11 Å². The summed E-state index contributed by atoms with van der Waals surface area (Å²) in [6, 6.07) is 6.33. The van der Waals surface area contributed by atoms with E-state index >= 15 is 0 Å². The average molecular weight is 262 g/mol. The van der Waals surface area contributed by atoms with Crippen LogP contribution in [-0.4, -0.2) is 20.2 Å². The van der Waals surface area contributed by atoms with Crippen LogP contribution in [0.3, 0.4) is 0 Å². The van der Waals surface area contributed by atoms with Gasteiger partial charge in [-0.15, -0.1) is 0 Å². The lowest BCUT2D eigenvalue weighted by Gasteiger charge is -2.23. The summed E-state index contributed by atoms with van der Waals surface area (Å²) in [4.78, 5) is 0. The SMILES string of the molecule is COc1ccc(NCC2(CN)CC2)cc1C(C)(C)C. The fraction of sp³-hybridized carbons (Fsp3) is 0.625. The summed E-state index contributed by atoms with van der Waals surface area (Å²) >= 11 is 0. The molecular weight excluding hydrogens is 236 g/mol. The maximum Gasteiger partial charge on any atom is 0.122 e. The third kappa shape index (κ3) is 3.21. The first kappa shape index (κ1) is 14.2. The summed E-state index contributed by atoms with van der Waals surface area (Å²) in [5.74, 6) is 0.956. The van der Waals surface area contributed by atoms with E-state index in [1.807, 2.05) is 6.07 Å². The van der Waals surface area contributed by atoms with Crippen LogP contribution in [0.4, 0.5) is 5.69 Å². The molecule has 0 spiro atoms. The maximum atomic E-state index is 5.82. The van der Waals surface area contributed by atoms with Crippen LogP contribution in [0.1, 0.15) is 39.2 Å². The topological polar surface area (TPSA) is 47.3 Å². The quantitative estimate of drug-likeness (QED) is 0.857. The van der Waals surface area contributed by atoms with Gasteiger partial charge in [0.15, 0.2) is 0 Å². The van der Waals surface area contributed by atoms with Gasteiger partial charge in [-0.2, -0.15) is 0 Å². The van der Waals surface area contributed by atoms with E-state index < -0.39 is 0 Å². The van der Waals surface area contributed by atoms with Crippen molar-refractivity contribution in [3.05, 3.63) is 23.8 Å². The lowest BCUT2D eigenvalue weighted by atomic mass is 9.86. The number of anilines is 1. The van der Waals surface area contributed by atoms with Crippen LogP contribution in [0.5, 0.6) is 5.75 Å². The Hall–Kier alpha value is -1.22. The number of rotatable bonds is 5. The molecule has 0 amide bonds. The Morgan fingerprint density at radius 1 is 1.32 bits per heavy atom. The van der Waals surface area contributed by atoms with E-state index in [4.69, 9.17) is 10.5 Å². The predicted octanol–water partition coefficient (Wildman–Crippen LogP) is 3.14. The van der Waals surface area contributed by atoms with Crippen LogP contribution in [0.25, 0.3) is 0 Å². The molecule has 0 saturated heterocycles. The second-order valence-electron chi connectivity index (χ2n) is 6.72. The van der Waals surface area contributed by atoms with Gasteiger partial charge < -0.3 is 15.8 Å².